The Balaban J connectivity index is 2.62. The molecule has 0 amide bonds. The highest BCUT2D eigenvalue weighted by Crippen LogP contribution is 2.39. The average Bonchev–Trinajstić information content (AvgIpc) is 3.29. The summed E-state index contributed by atoms with van der Waals surface area (Å²) in [6.07, 6.45) is 58.7. The van der Waals surface area contributed by atoms with Gasteiger partial charge < -0.3 is 4.74 Å². The summed E-state index contributed by atoms with van der Waals surface area (Å²) in [5.41, 5.74) is 9.27. The third-order valence-corrected chi connectivity index (χ3v) is 14.1. The second kappa shape index (κ2) is 41.7. The maximum atomic E-state index is 7.76. The molecule has 0 bridgehead atoms. The van der Waals surface area contributed by atoms with E-state index >= 15 is 0 Å². The molecule has 364 valence electrons. The molecule has 0 N–H and O–H groups in total. The number of hydrogen-bond acceptors (Lipinski definition) is 1. The molecule has 0 aliphatic rings. The molecule has 0 atom stereocenters. The molecule has 2 rings (SSSR count). The third-order valence-electron chi connectivity index (χ3n) is 14.1. The summed E-state index contributed by atoms with van der Waals surface area (Å²) in [6, 6.07) is 10.6. The van der Waals surface area contributed by atoms with Crippen molar-refractivity contribution >= 4 is 0 Å². The van der Waals surface area contributed by atoms with Crippen molar-refractivity contribution < 1.29 is 4.74 Å². The number of ether oxygens (including phenoxy) is 1. The first-order valence-corrected chi connectivity index (χ1v) is 29.1. The van der Waals surface area contributed by atoms with Gasteiger partial charge in [-0.2, -0.15) is 0 Å². The van der Waals surface area contributed by atoms with Crippen molar-refractivity contribution in [2.24, 2.45) is 0 Å². The van der Waals surface area contributed by atoms with Crippen LogP contribution in [0.1, 0.15) is 319 Å². The molecule has 0 aliphatic carbocycles. The molecule has 0 aliphatic heterocycles. The van der Waals surface area contributed by atoms with E-state index in [0.29, 0.717) is 0 Å². The van der Waals surface area contributed by atoms with E-state index in [4.69, 9.17) is 4.74 Å². The van der Waals surface area contributed by atoms with E-state index in [0.717, 1.165) is 25.7 Å². The normalized spacial score (nSPS) is 11.6. The Morgan fingerprint density at radius 3 is 0.603 bits per heavy atom. The van der Waals surface area contributed by atoms with Crippen LogP contribution in [0.3, 0.4) is 0 Å². The molecule has 0 fully saturated rings. The van der Waals surface area contributed by atoms with Crippen LogP contribution in [0.25, 0.3) is 0 Å². The first-order chi connectivity index (χ1) is 31.1. The summed E-state index contributed by atoms with van der Waals surface area (Å²) in [7, 11) is 0. The summed E-state index contributed by atoms with van der Waals surface area (Å²) in [4.78, 5) is 0. The van der Waals surface area contributed by atoms with Gasteiger partial charge in [0.2, 0.25) is 0 Å². The van der Waals surface area contributed by atoms with Gasteiger partial charge in [-0.25, -0.2) is 0 Å². The summed E-state index contributed by atoms with van der Waals surface area (Å²) in [6.45, 7) is 14.0. The van der Waals surface area contributed by atoms with E-state index in [-0.39, 0.29) is 0 Å². The SMILES string of the molecule is CCCCCCCCCc1cc(CCCCCCCC)cc(CCCCCCCC)c1Oc1c(CCCCCCCC)cc(CCCCCCCC)cc1CCCCCCCCC. The molecular weight excluding hydrogens is 761 g/mol. The van der Waals surface area contributed by atoms with Gasteiger partial charge in [0.05, 0.1) is 0 Å². The summed E-state index contributed by atoms with van der Waals surface area (Å²) >= 11 is 0. The van der Waals surface area contributed by atoms with Gasteiger partial charge in [0.1, 0.15) is 11.5 Å². The van der Waals surface area contributed by atoms with E-state index in [1.807, 2.05) is 0 Å². The van der Waals surface area contributed by atoms with Crippen LogP contribution in [-0.2, 0) is 38.5 Å². The molecule has 0 saturated heterocycles. The predicted octanol–water partition coefficient (Wildman–Crippen LogP) is 21.7. The third kappa shape index (κ3) is 28.8. The Morgan fingerprint density at radius 1 is 0.222 bits per heavy atom. The van der Waals surface area contributed by atoms with Gasteiger partial charge in [0, 0.05) is 0 Å². The monoisotopic (exact) mass is 871 g/mol. The zero-order chi connectivity index (χ0) is 45.3. The molecule has 0 unspecified atom stereocenters. The number of rotatable bonds is 46. The van der Waals surface area contributed by atoms with E-state index in [1.165, 1.54) is 291 Å². The predicted molar refractivity (Wildman–Crippen MR) is 285 cm³/mol. The average molecular weight is 872 g/mol. The van der Waals surface area contributed by atoms with Crippen LogP contribution < -0.4 is 4.74 Å². The van der Waals surface area contributed by atoms with Crippen molar-refractivity contribution in [2.45, 2.75) is 324 Å². The molecule has 0 aromatic heterocycles. The van der Waals surface area contributed by atoms with Gasteiger partial charge in [-0.1, -0.05) is 271 Å². The van der Waals surface area contributed by atoms with Crippen molar-refractivity contribution in [3.8, 4) is 11.5 Å². The van der Waals surface area contributed by atoms with Gasteiger partial charge in [0.25, 0.3) is 0 Å². The molecular formula is C62H110O. The van der Waals surface area contributed by atoms with Crippen LogP contribution >= 0.6 is 0 Å². The first kappa shape index (κ1) is 57.4. The fraction of sp³-hybridized carbons (Fsp3) is 0.806. The minimum Gasteiger partial charge on any atom is -0.456 e. The number of benzene rings is 2. The maximum Gasteiger partial charge on any atom is 0.133 e. The molecule has 2 aromatic carbocycles. The number of hydrogen-bond donors (Lipinski definition) is 0. The minimum absolute atomic E-state index is 1.16. The van der Waals surface area contributed by atoms with Crippen LogP contribution in [0.15, 0.2) is 24.3 Å². The number of aryl methyl sites for hydroxylation is 6. The second-order valence-corrected chi connectivity index (χ2v) is 20.4. The van der Waals surface area contributed by atoms with Gasteiger partial charge >= 0.3 is 0 Å². The molecule has 2 aromatic rings. The van der Waals surface area contributed by atoms with Gasteiger partial charge in [0.15, 0.2) is 0 Å². The smallest absolute Gasteiger partial charge is 0.133 e. The van der Waals surface area contributed by atoms with E-state index in [2.05, 4.69) is 65.8 Å². The second-order valence-electron chi connectivity index (χ2n) is 20.4. The summed E-state index contributed by atoms with van der Waals surface area (Å²) < 4.78 is 7.76. The van der Waals surface area contributed by atoms with Crippen LogP contribution in [0.2, 0.25) is 0 Å². The van der Waals surface area contributed by atoms with Crippen LogP contribution in [-0.4, -0.2) is 0 Å². The Bertz CT molecular complexity index is 1210. The highest BCUT2D eigenvalue weighted by atomic mass is 16.5. The van der Waals surface area contributed by atoms with Crippen molar-refractivity contribution in [3.63, 3.8) is 0 Å². The molecule has 0 radical (unpaired) electrons. The summed E-state index contributed by atoms with van der Waals surface area (Å²) in [5, 5.41) is 0. The first-order valence-electron chi connectivity index (χ1n) is 29.1. The van der Waals surface area contributed by atoms with Gasteiger partial charge in [-0.3, -0.25) is 0 Å². The van der Waals surface area contributed by atoms with Crippen molar-refractivity contribution in [1.82, 2.24) is 0 Å². The maximum absolute atomic E-state index is 7.76. The van der Waals surface area contributed by atoms with E-state index in [9.17, 15) is 0 Å². The molecule has 0 spiro atoms. The topological polar surface area (TPSA) is 9.23 Å². The Labute approximate surface area is 396 Å². The van der Waals surface area contributed by atoms with Crippen molar-refractivity contribution in [1.29, 1.82) is 0 Å². The van der Waals surface area contributed by atoms with Crippen LogP contribution in [0, 0.1) is 0 Å². The fourth-order valence-corrected chi connectivity index (χ4v) is 10.0. The quantitative estimate of drug-likeness (QED) is 0.0602. The van der Waals surface area contributed by atoms with Crippen molar-refractivity contribution in [3.05, 3.63) is 57.6 Å². The zero-order valence-electron chi connectivity index (χ0n) is 43.8. The van der Waals surface area contributed by atoms with Crippen LogP contribution in [0.5, 0.6) is 11.5 Å². The highest BCUT2D eigenvalue weighted by molar-refractivity contribution is 5.52. The van der Waals surface area contributed by atoms with Crippen LogP contribution in [0.4, 0.5) is 0 Å². The lowest BCUT2D eigenvalue weighted by Crippen LogP contribution is -2.06. The largest absolute Gasteiger partial charge is 0.456 e. The Morgan fingerprint density at radius 2 is 0.397 bits per heavy atom. The molecule has 0 heterocycles. The number of unbranched alkanes of at least 4 members (excludes halogenated alkanes) is 32. The lowest BCUT2D eigenvalue weighted by Gasteiger charge is -2.23. The molecule has 0 saturated carbocycles. The standard InChI is InChI=1S/C62H110O/c1-7-13-19-25-31-37-43-49-59-53-55(45-39-33-27-21-15-9-3)51-57(47-41-35-29-23-17-11-5)61(59)63-62-58(48-42-36-30-24-18-12-6)52-56(46-40-34-28-22-16-10-4)54-60(62)50-44-38-32-26-20-14-8-2/h51-54H,7-50H2,1-6H3. The Hall–Kier alpha value is -1.76. The highest BCUT2D eigenvalue weighted by Gasteiger charge is 2.20. The van der Waals surface area contributed by atoms with Gasteiger partial charge in [-0.15, -0.1) is 0 Å². The van der Waals surface area contributed by atoms with Crippen molar-refractivity contribution in [2.75, 3.05) is 0 Å². The molecule has 63 heavy (non-hydrogen) atoms. The van der Waals surface area contributed by atoms with E-state index in [1.54, 1.807) is 11.1 Å². The molecule has 1 heteroatoms. The zero-order valence-corrected chi connectivity index (χ0v) is 43.8. The lowest BCUT2D eigenvalue weighted by molar-refractivity contribution is 0.450. The molecule has 1 nitrogen and oxygen atoms in total. The lowest BCUT2D eigenvalue weighted by atomic mass is 9.92. The summed E-state index contributed by atoms with van der Waals surface area (Å²) in [5.74, 6) is 2.55. The fourth-order valence-electron chi connectivity index (χ4n) is 10.0. The Kier molecular flexibility index (Phi) is 37.9. The van der Waals surface area contributed by atoms with E-state index < -0.39 is 0 Å². The van der Waals surface area contributed by atoms with Gasteiger partial charge in [-0.05, 0) is 110 Å². The minimum atomic E-state index is 1.16.